The molecule has 0 unspecified atom stereocenters. The quantitative estimate of drug-likeness (QED) is 0.477. The lowest BCUT2D eigenvalue weighted by Crippen LogP contribution is -2.24. The van der Waals surface area contributed by atoms with Crippen LogP contribution >= 0.6 is 31.9 Å². The molecule has 1 amide bonds. The Kier molecular flexibility index (Phi) is 7.05. The van der Waals surface area contributed by atoms with Crippen LogP contribution in [0.15, 0.2) is 38.3 Å². The number of nitrogens with zero attached hydrogens (tertiary/aromatic N) is 1. The standard InChI is InChI=1S/C18H18Br2N2O4/c1-10-5-4-6-14(11(10)2)26-9-16(23)22-21-8-12-17(20)13(19)7-15(25-3)18(12)24/h4-8,24H,9H2,1-3H3,(H,22,23)/b21-8+. The maximum Gasteiger partial charge on any atom is 0.277 e. The van der Waals surface area contributed by atoms with Crippen LogP contribution in [-0.2, 0) is 4.79 Å². The molecule has 138 valence electrons. The van der Waals surface area contributed by atoms with E-state index in [2.05, 4.69) is 42.4 Å². The van der Waals surface area contributed by atoms with Crippen molar-refractivity contribution in [2.75, 3.05) is 13.7 Å². The van der Waals surface area contributed by atoms with E-state index in [1.165, 1.54) is 13.3 Å². The lowest BCUT2D eigenvalue weighted by atomic mass is 10.1. The number of rotatable bonds is 6. The highest BCUT2D eigenvalue weighted by molar-refractivity contribution is 9.13. The van der Waals surface area contributed by atoms with Crippen LogP contribution < -0.4 is 14.9 Å². The first-order valence-corrected chi connectivity index (χ1v) is 9.19. The topological polar surface area (TPSA) is 80.2 Å². The number of phenolic OH excluding ortho intramolecular Hbond substituents is 1. The number of amides is 1. The first-order chi connectivity index (χ1) is 12.3. The van der Waals surface area contributed by atoms with Crippen LogP contribution in [0.1, 0.15) is 16.7 Å². The van der Waals surface area contributed by atoms with Gasteiger partial charge in [0.2, 0.25) is 0 Å². The third-order valence-electron chi connectivity index (χ3n) is 3.71. The number of hydrogen-bond donors (Lipinski definition) is 2. The van der Waals surface area contributed by atoms with Crippen molar-refractivity contribution in [2.24, 2.45) is 5.10 Å². The number of ether oxygens (including phenoxy) is 2. The number of nitrogens with one attached hydrogen (secondary N) is 1. The van der Waals surface area contributed by atoms with Crippen molar-refractivity contribution in [3.8, 4) is 17.2 Å². The van der Waals surface area contributed by atoms with Crippen molar-refractivity contribution in [3.05, 3.63) is 49.9 Å². The Labute approximate surface area is 168 Å². The van der Waals surface area contributed by atoms with E-state index in [0.717, 1.165) is 11.1 Å². The van der Waals surface area contributed by atoms with E-state index in [0.29, 0.717) is 20.3 Å². The van der Waals surface area contributed by atoms with Gasteiger partial charge in [0.15, 0.2) is 18.1 Å². The summed E-state index contributed by atoms with van der Waals surface area (Å²) in [5, 5.41) is 14.0. The number of hydrazone groups is 1. The summed E-state index contributed by atoms with van der Waals surface area (Å²) in [6.07, 6.45) is 1.32. The van der Waals surface area contributed by atoms with Gasteiger partial charge in [-0.2, -0.15) is 5.10 Å². The first kappa shape index (κ1) is 20.3. The van der Waals surface area contributed by atoms with Crippen molar-refractivity contribution in [1.29, 1.82) is 0 Å². The molecule has 0 radical (unpaired) electrons. The second-order valence-electron chi connectivity index (χ2n) is 5.42. The van der Waals surface area contributed by atoms with Gasteiger partial charge in [-0.3, -0.25) is 4.79 Å². The molecule has 0 atom stereocenters. The number of methoxy groups -OCH3 is 1. The van der Waals surface area contributed by atoms with Gasteiger partial charge < -0.3 is 14.6 Å². The van der Waals surface area contributed by atoms with E-state index in [4.69, 9.17) is 9.47 Å². The summed E-state index contributed by atoms with van der Waals surface area (Å²) in [7, 11) is 1.45. The summed E-state index contributed by atoms with van der Waals surface area (Å²) in [5.74, 6) is 0.430. The molecule has 2 rings (SSSR count). The second kappa shape index (κ2) is 9.05. The fourth-order valence-electron chi connectivity index (χ4n) is 2.11. The van der Waals surface area contributed by atoms with E-state index >= 15 is 0 Å². The van der Waals surface area contributed by atoms with Gasteiger partial charge in [0, 0.05) is 8.95 Å². The molecule has 2 aromatic rings. The number of carbonyl (C=O) groups excluding carboxylic acids is 1. The van der Waals surface area contributed by atoms with Crippen molar-refractivity contribution < 1.29 is 19.4 Å². The molecule has 0 saturated heterocycles. The molecule has 26 heavy (non-hydrogen) atoms. The molecule has 0 fully saturated rings. The van der Waals surface area contributed by atoms with Gasteiger partial charge in [-0.15, -0.1) is 0 Å². The fourth-order valence-corrected chi connectivity index (χ4v) is 2.94. The highest BCUT2D eigenvalue weighted by Gasteiger charge is 2.14. The monoisotopic (exact) mass is 484 g/mol. The van der Waals surface area contributed by atoms with Crippen LogP contribution in [0.25, 0.3) is 0 Å². The number of phenols is 1. The average molecular weight is 486 g/mol. The van der Waals surface area contributed by atoms with Gasteiger partial charge in [0.05, 0.1) is 18.9 Å². The lowest BCUT2D eigenvalue weighted by molar-refractivity contribution is -0.123. The van der Waals surface area contributed by atoms with Gasteiger partial charge in [-0.25, -0.2) is 5.43 Å². The molecule has 6 nitrogen and oxygen atoms in total. The van der Waals surface area contributed by atoms with Crippen LogP contribution in [0.5, 0.6) is 17.2 Å². The fraction of sp³-hybridized carbons (Fsp3) is 0.222. The smallest absolute Gasteiger partial charge is 0.277 e. The van der Waals surface area contributed by atoms with E-state index < -0.39 is 5.91 Å². The Morgan fingerprint density at radius 1 is 1.31 bits per heavy atom. The van der Waals surface area contributed by atoms with E-state index in [9.17, 15) is 9.90 Å². The zero-order valence-corrected chi connectivity index (χ0v) is 17.6. The van der Waals surface area contributed by atoms with Gasteiger partial charge in [0.1, 0.15) is 5.75 Å². The van der Waals surface area contributed by atoms with E-state index in [1.807, 2.05) is 32.0 Å². The maximum atomic E-state index is 11.9. The SMILES string of the molecule is COc1cc(Br)c(Br)c(/C=N/NC(=O)COc2cccc(C)c2C)c1O. The molecule has 2 aromatic carbocycles. The summed E-state index contributed by atoms with van der Waals surface area (Å²) < 4.78 is 11.9. The summed E-state index contributed by atoms with van der Waals surface area (Å²) in [4.78, 5) is 11.9. The third-order valence-corrected chi connectivity index (χ3v) is 5.72. The summed E-state index contributed by atoms with van der Waals surface area (Å²) in [5.41, 5.74) is 4.80. The molecular formula is C18H18Br2N2O4. The van der Waals surface area contributed by atoms with Crippen LogP contribution in [-0.4, -0.2) is 30.9 Å². The van der Waals surface area contributed by atoms with E-state index in [1.54, 1.807) is 6.07 Å². The highest BCUT2D eigenvalue weighted by Crippen LogP contribution is 2.39. The molecule has 8 heteroatoms. The molecule has 0 aliphatic rings. The normalized spacial score (nSPS) is 10.8. The molecule has 0 spiro atoms. The third kappa shape index (κ3) is 4.76. The molecule has 0 heterocycles. The van der Waals surface area contributed by atoms with Crippen molar-refractivity contribution in [2.45, 2.75) is 13.8 Å². The summed E-state index contributed by atoms with van der Waals surface area (Å²) >= 11 is 6.70. The minimum atomic E-state index is -0.417. The van der Waals surface area contributed by atoms with Crippen LogP contribution in [0.2, 0.25) is 0 Å². The minimum absolute atomic E-state index is 0.0905. The van der Waals surface area contributed by atoms with Gasteiger partial charge in [-0.05, 0) is 69.0 Å². The van der Waals surface area contributed by atoms with Crippen LogP contribution in [0.4, 0.5) is 0 Å². The van der Waals surface area contributed by atoms with E-state index in [-0.39, 0.29) is 18.1 Å². The number of halogens is 2. The minimum Gasteiger partial charge on any atom is -0.504 e. The lowest BCUT2D eigenvalue weighted by Gasteiger charge is -2.10. The Hall–Kier alpha value is -2.06. The second-order valence-corrected chi connectivity index (χ2v) is 7.06. The first-order valence-electron chi connectivity index (χ1n) is 7.61. The molecule has 2 N–H and O–H groups in total. The largest absolute Gasteiger partial charge is 0.504 e. The van der Waals surface area contributed by atoms with Crippen molar-refractivity contribution >= 4 is 44.0 Å². The van der Waals surface area contributed by atoms with Crippen LogP contribution in [0.3, 0.4) is 0 Å². The highest BCUT2D eigenvalue weighted by atomic mass is 79.9. The van der Waals surface area contributed by atoms with Crippen molar-refractivity contribution in [3.63, 3.8) is 0 Å². The van der Waals surface area contributed by atoms with Crippen molar-refractivity contribution in [1.82, 2.24) is 5.43 Å². The molecule has 0 saturated carbocycles. The zero-order valence-electron chi connectivity index (χ0n) is 14.5. The predicted molar refractivity (Wildman–Crippen MR) is 107 cm³/mol. The number of aryl methyl sites for hydroxylation is 1. The predicted octanol–water partition coefficient (Wildman–Crippen LogP) is 4.07. The molecular weight excluding hydrogens is 468 g/mol. The zero-order chi connectivity index (χ0) is 19.3. The number of hydrogen-bond acceptors (Lipinski definition) is 5. The van der Waals surface area contributed by atoms with Gasteiger partial charge in [-0.1, -0.05) is 12.1 Å². The molecule has 0 aromatic heterocycles. The Bertz CT molecular complexity index is 854. The summed E-state index contributed by atoms with van der Waals surface area (Å²) in [6, 6.07) is 7.27. The molecule has 0 aliphatic carbocycles. The molecule has 0 aliphatic heterocycles. The van der Waals surface area contributed by atoms with Gasteiger partial charge >= 0.3 is 0 Å². The number of carbonyl (C=O) groups is 1. The maximum absolute atomic E-state index is 11.9. The Balaban J connectivity index is 2.01. The van der Waals surface area contributed by atoms with Gasteiger partial charge in [0.25, 0.3) is 5.91 Å². The number of aromatic hydroxyl groups is 1. The van der Waals surface area contributed by atoms with Crippen LogP contribution in [0, 0.1) is 13.8 Å². The summed E-state index contributed by atoms with van der Waals surface area (Å²) in [6.45, 7) is 3.74. The Morgan fingerprint density at radius 3 is 2.73 bits per heavy atom. The number of benzene rings is 2. The molecule has 0 bridgehead atoms. The average Bonchev–Trinajstić information content (AvgIpc) is 2.62. The Morgan fingerprint density at radius 2 is 2.04 bits per heavy atom.